The van der Waals surface area contributed by atoms with Crippen LogP contribution in [0.2, 0.25) is 0 Å². The SMILES string of the molecule is Cc1ccc(C(=O)Nc2ccc(Oc3cc(C)cc(C)c3)c(S(=O)(=O)N3CCNCC3)c2)cc1. The summed E-state index contributed by atoms with van der Waals surface area (Å²) in [6.07, 6.45) is 0. The Morgan fingerprint density at radius 3 is 2.18 bits per heavy atom. The number of rotatable bonds is 6. The van der Waals surface area contributed by atoms with Crippen LogP contribution in [0.15, 0.2) is 65.6 Å². The zero-order chi connectivity index (χ0) is 24.3. The summed E-state index contributed by atoms with van der Waals surface area (Å²) in [6.45, 7) is 7.76. The number of carbonyl (C=O) groups is 1. The Balaban J connectivity index is 1.70. The van der Waals surface area contributed by atoms with Gasteiger partial charge in [0.1, 0.15) is 16.4 Å². The fourth-order valence-electron chi connectivity index (χ4n) is 3.92. The van der Waals surface area contributed by atoms with Crippen LogP contribution in [-0.4, -0.2) is 44.8 Å². The molecule has 2 N–H and O–H groups in total. The lowest BCUT2D eigenvalue weighted by atomic mass is 10.1. The van der Waals surface area contributed by atoms with Crippen molar-refractivity contribution in [3.8, 4) is 11.5 Å². The van der Waals surface area contributed by atoms with Gasteiger partial charge in [0, 0.05) is 37.4 Å². The van der Waals surface area contributed by atoms with Crippen molar-refractivity contribution in [2.45, 2.75) is 25.7 Å². The van der Waals surface area contributed by atoms with E-state index in [0.29, 0.717) is 43.2 Å². The lowest BCUT2D eigenvalue weighted by molar-refractivity contribution is 0.102. The third-order valence-electron chi connectivity index (χ3n) is 5.63. The number of anilines is 1. The van der Waals surface area contributed by atoms with Crippen LogP contribution in [0.4, 0.5) is 5.69 Å². The van der Waals surface area contributed by atoms with Crippen molar-refractivity contribution >= 4 is 21.6 Å². The highest BCUT2D eigenvalue weighted by atomic mass is 32.2. The second kappa shape index (κ2) is 9.97. The monoisotopic (exact) mass is 479 g/mol. The molecule has 1 fully saturated rings. The van der Waals surface area contributed by atoms with Gasteiger partial charge in [-0.1, -0.05) is 23.8 Å². The number of amides is 1. The summed E-state index contributed by atoms with van der Waals surface area (Å²) in [5, 5.41) is 5.98. The number of carbonyl (C=O) groups excluding carboxylic acids is 1. The van der Waals surface area contributed by atoms with E-state index in [1.54, 1.807) is 24.3 Å². The van der Waals surface area contributed by atoms with Gasteiger partial charge in [0.25, 0.3) is 5.91 Å². The second-order valence-electron chi connectivity index (χ2n) is 8.56. The van der Waals surface area contributed by atoms with E-state index in [2.05, 4.69) is 10.6 Å². The van der Waals surface area contributed by atoms with Gasteiger partial charge in [0.2, 0.25) is 10.0 Å². The van der Waals surface area contributed by atoms with Crippen LogP contribution in [0.3, 0.4) is 0 Å². The number of benzene rings is 3. The van der Waals surface area contributed by atoms with Crippen LogP contribution in [0, 0.1) is 20.8 Å². The fourth-order valence-corrected chi connectivity index (χ4v) is 5.50. The van der Waals surface area contributed by atoms with Crippen LogP contribution in [0.1, 0.15) is 27.0 Å². The lowest BCUT2D eigenvalue weighted by Gasteiger charge is -2.27. The maximum atomic E-state index is 13.6. The number of hydrogen-bond donors (Lipinski definition) is 2. The highest BCUT2D eigenvalue weighted by molar-refractivity contribution is 7.89. The van der Waals surface area contributed by atoms with Gasteiger partial charge in [-0.15, -0.1) is 0 Å². The molecule has 0 saturated carbocycles. The lowest BCUT2D eigenvalue weighted by Crippen LogP contribution is -2.46. The fraction of sp³-hybridized carbons (Fsp3) is 0.269. The largest absolute Gasteiger partial charge is 0.456 e. The average molecular weight is 480 g/mol. The topological polar surface area (TPSA) is 87.7 Å². The molecule has 3 aromatic carbocycles. The zero-order valence-electron chi connectivity index (χ0n) is 19.6. The molecular formula is C26H29N3O4S. The van der Waals surface area contributed by atoms with Gasteiger partial charge in [-0.3, -0.25) is 4.79 Å². The quantitative estimate of drug-likeness (QED) is 0.552. The van der Waals surface area contributed by atoms with Gasteiger partial charge in [0.15, 0.2) is 0 Å². The molecule has 3 aromatic rings. The molecule has 1 aliphatic rings. The summed E-state index contributed by atoms with van der Waals surface area (Å²) >= 11 is 0. The molecule has 0 bridgehead atoms. The molecule has 8 heteroatoms. The zero-order valence-corrected chi connectivity index (χ0v) is 20.4. The summed E-state index contributed by atoms with van der Waals surface area (Å²) in [7, 11) is -3.84. The van der Waals surface area contributed by atoms with Gasteiger partial charge in [-0.25, -0.2) is 8.42 Å². The number of nitrogens with zero attached hydrogens (tertiary/aromatic N) is 1. The van der Waals surface area contributed by atoms with E-state index in [1.807, 2.05) is 51.1 Å². The molecule has 0 unspecified atom stereocenters. The van der Waals surface area contributed by atoms with E-state index in [1.165, 1.54) is 10.4 Å². The minimum Gasteiger partial charge on any atom is -0.456 e. The van der Waals surface area contributed by atoms with Crippen LogP contribution in [-0.2, 0) is 10.0 Å². The minimum atomic E-state index is -3.84. The summed E-state index contributed by atoms with van der Waals surface area (Å²) < 4.78 is 34.7. The van der Waals surface area contributed by atoms with Gasteiger partial charge in [-0.2, -0.15) is 4.31 Å². The number of piperazine rings is 1. The second-order valence-corrected chi connectivity index (χ2v) is 10.5. The molecule has 178 valence electrons. The molecule has 7 nitrogen and oxygen atoms in total. The highest BCUT2D eigenvalue weighted by Crippen LogP contribution is 2.34. The van der Waals surface area contributed by atoms with Crippen LogP contribution in [0.25, 0.3) is 0 Å². The molecule has 0 spiro atoms. The van der Waals surface area contributed by atoms with Crippen LogP contribution in [0.5, 0.6) is 11.5 Å². The summed E-state index contributed by atoms with van der Waals surface area (Å²) in [6, 6.07) is 17.7. The van der Waals surface area contributed by atoms with E-state index in [9.17, 15) is 13.2 Å². The van der Waals surface area contributed by atoms with Crippen molar-refractivity contribution in [2.75, 3.05) is 31.5 Å². The molecule has 0 radical (unpaired) electrons. The Kier molecular flexibility index (Phi) is 7.02. The number of ether oxygens (including phenoxy) is 1. The van der Waals surface area contributed by atoms with Crippen LogP contribution >= 0.6 is 0 Å². The van der Waals surface area contributed by atoms with Gasteiger partial charge >= 0.3 is 0 Å². The maximum Gasteiger partial charge on any atom is 0.255 e. The number of aryl methyl sites for hydroxylation is 3. The van der Waals surface area contributed by atoms with Crippen molar-refractivity contribution in [3.05, 3.63) is 82.9 Å². The smallest absolute Gasteiger partial charge is 0.255 e. The van der Waals surface area contributed by atoms with Gasteiger partial charge < -0.3 is 15.4 Å². The Hall–Kier alpha value is -3.20. The van der Waals surface area contributed by atoms with Gasteiger partial charge in [-0.05, 0) is 74.4 Å². The van der Waals surface area contributed by atoms with Gasteiger partial charge in [0.05, 0.1) is 0 Å². The van der Waals surface area contributed by atoms with Crippen LogP contribution < -0.4 is 15.4 Å². The summed E-state index contributed by atoms with van der Waals surface area (Å²) in [5.74, 6) is 0.469. The normalized spacial score (nSPS) is 14.6. The van der Waals surface area contributed by atoms with Crippen molar-refractivity contribution in [1.29, 1.82) is 0 Å². The predicted molar refractivity (Wildman–Crippen MR) is 133 cm³/mol. The molecule has 1 amide bonds. The molecule has 34 heavy (non-hydrogen) atoms. The molecule has 0 atom stereocenters. The molecule has 0 aromatic heterocycles. The van der Waals surface area contributed by atoms with Crippen molar-refractivity contribution in [2.24, 2.45) is 0 Å². The first-order chi connectivity index (χ1) is 16.2. The Bertz CT molecular complexity index is 1280. The van der Waals surface area contributed by atoms with E-state index in [4.69, 9.17) is 4.74 Å². The van der Waals surface area contributed by atoms with E-state index >= 15 is 0 Å². The first-order valence-corrected chi connectivity index (χ1v) is 12.7. The first kappa shape index (κ1) is 23.9. The maximum absolute atomic E-state index is 13.6. The standard InChI is InChI=1S/C26H29N3O4S/c1-18-4-6-21(7-5-18)26(30)28-22-8-9-24(33-23-15-19(2)14-20(3)16-23)25(17-22)34(31,32)29-12-10-27-11-13-29/h4-9,14-17,27H,10-13H2,1-3H3,(H,28,30). The molecule has 1 heterocycles. The highest BCUT2D eigenvalue weighted by Gasteiger charge is 2.30. The third kappa shape index (κ3) is 5.47. The van der Waals surface area contributed by atoms with Crippen molar-refractivity contribution in [1.82, 2.24) is 9.62 Å². The molecule has 0 aliphatic carbocycles. The van der Waals surface area contributed by atoms with Crippen molar-refractivity contribution < 1.29 is 17.9 Å². The molecule has 4 rings (SSSR count). The van der Waals surface area contributed by atoms with E-state index in [-0.39, 0.29) is 16.6 Å². The number of sulfonamides is 1. The van der Waals surface area contributed by atoms with E-state index < -0.39 is 10.0 Å². The molecular weight excluding hydrogens is 450 g/mol. The molecule has 1 saturated heterocycles. The summed E-state index contributed by atoms with van der Waals surface area (Å²) in [4.78, 5) is 12.8. The number of hydrogen-bond acceptors (Lipinski definition) is 5. The summed E-state index contributed by atoms with van der Waals surface area (Å²) in [5.41, 5.74) is 3.96. The number of nitrogens with one attached hydrogen (secondary N) is 2. The average Bonchev–Trinajstić information content (AvgIpc) is 2.80. The minimum absolute atomic E-state index is 0.0234. The Morgan fingerprint density at radius 2 is 1.53 bits per heavy atom. The Morgan fingerprint density at radius 1 is 0.882 bits per heavy atom. The predicted octanol–water partition coefficient (Wildman–Crippen LogP) is 4.25. The molecule has 1 aliphatic heterocycles. The van der Waals surface area contributed by atoms with Crippen molar-refractivity contribution in [3.63, 3.8) is 0 Å². The first-order valence-electron chi connectivity index (χ1n) is 11.2. The Labute approximate surface area is 200 Å². The van der Waals surface area contributed by atoms with E-state index in [0.717, 1.165) is 16.7 Å². The third-order valence-corrected chi connectivity index (χ3v) is 7.55.